The van der Waals surface area contributed by atoms with Gasteiger partial charge < -0.3 is 10.2 Å². The third-order valence-electron chi connectivity index (χ3n) is 3.77. The van der Waals surface area contributed by atoms with E-state index in [4.69, 9.17) is 0 Å². The Kier molecular flexibility index (Phi) is 2.69. The van der Waals surface area contributed by atoms with Crippen molar-refractivity contribution >= 4 is 21.5 Å². The molecule has 0 saturated heterocycles. The number of aromatic nitrogens is 2. The van der Waals surface area contributed by atoms with Crippen LogP contribution in [0.25, 0.3) is 32.9 Å². The lowest BCUT2D eigenvalue weighted by Crippen LogP contribution is -1.91. The molecule has 4 nitrogen and oxygen atoms in total. The molecule has 2 N–H and O–H groups in total. The van der Waals surface area contributed by atoms with Crippen LogP contribution in [0.1, 0.15) is 0 Å². The van der Waals surface area contributed by atoms with Gasteiger partial charge in [-0.2, -0.15) is 0 Å². The molecule has 0 amide bonds. The summed E-state index contributed by atoms with van der Waals surface area (Å²) in [5.41, 5.74) is 1.37. The summed E-state index contributed by atoms with van der Waals surface area (Å²) in [4.78, 5) is 8.72. The second-order valence-corrected chi connectivity index (χ2v) is 5.08. The van der Waals surface area contributed by atoms with Crippen molar-refractivity contribution in [1.82, 2.24) is 9.97 Å². The van der Waals surface area contributed by atoms with Crippen LogP contribution in [0.5, 0.6) is 11.5 Å². The maximum Gasteiger partial charge on any atom is 0.141 e. The lowest BCUT2D eigenvalue weighted by atomic mass is 10.0. The molecule has 0 radical (unpaired) electrons. The van der Waals surface area contributed by atoms with Crippen LogP contribution in [0.2, 0.25) is 0 Å². The molecular formula is C18H12N2O2. The SMILES string of the molecule is Oc1cnc(-c2ncc(O)c3ccccc23)c2ccccc12. The van der Waals surface area contributed by atoms with E-state index in [9.17, 15) is 10.2 Å². The van der Waals surface area contributed by atoms with Gasteiger partial charge in [0.2, 0.25) is 0 Å². The average molecular weight is 288 g/mol. The van der Waals surface area contributed by atoms with Gasteiger partial charge in [-0.05, 0) is 0 Å². The van der Waals surface area contributed by atoms with Crippen molar-refractivity contribution in [2.75, 3.05) is 0 Å². The van der Waals surface area contributed by atoms with Crippen LogP contribution < -0.4 is 0 Å². The van der Waals surface area contributed by atoms with E-state index in [-0.39, 0.29) is 11.5 Å². The van der Waals surface area contributed by atoms with Crippen molar-refractivity contribution in [3.8, 4) is 22.9 Å². The van der Waals surface area contributed by atoms with Gasteiger partial charge in [0.15, 0.2) is 0 Å². The smallest absolute Gasteiger partial charge is 0.141 e. The van der Waals surface area contributed by atoms with Crippen molar-refractivity contribution in [3.63, 3.8) is 0 Å². The van der Waals surface area contributed by atoms with Crippen LogP contribution in [0.4, 0.5) is 0 Å². The van der Waals surface area contributed by atoms with Crippen molar-refractivity contribution < 1.29 is 10.2 Å². The van der Waals surface area contributed by atoms with E-state index in [0.717, 1.165) is 21.5 Å². The van der Waals surface area contributed by atoms with E-state index in [1.54, 1.807) is 0 Å². The first kappa shape index (κ1) is 12.6. The first-order valence-electron chi connectivity index (χ1n) is 6.89. The Hall–Kier alpha value is -3.14. The molecule has 4 heteroatoms. The van der Waals surface area contributed by atoms with Gasteiger partial charge in [-0.25, -0.2) is 0 Å². The third kappa shape index (κ3) is 1.78. The summed E-state index contributed by atoms with van der Waals surface area (Å²) >= 11 is 0. The Bertz CT molecular complexity index is 929. The number of hydrogen-bond acceptors (Lipinski definition) is 4. The van der Waals surface area contributed by atoms with Crippen LogP contribution in [0, 0.1) is 0 Å². The van der Waals surface area contributed by atoms with Gasteiger partial charge in [0.1, 0.15) is 11.5 Å². The average Bonchev–Trinajstić information content (AvgIpc) is 2.57. The number of nitrogens with zero attached hydrogens (tertiary/aromatic N) is 2. The highest BCUT2D eigenvalue weighted by Gasteiger charge is 2.14. The van der Waals surface area contributed by atoms with E-state index < -0.39 is 0 Å². The molecule has 106 valence electrons. The van der Waals surface area contributed by atoms with Crippen LogP contribution in [-0.4, -0.2) is 20.2 Å². The van der Waals surface area contributed by atoms with Crippen molar-refractivity contribution in [3.05, 3.63) is 60.9 Å². The fourth-order valence-electron chi connectivity index (χ4n) is 2.73. The largest absolute Gasteiger partial charge is 0.506 e. The van der Waals surface area contributed by atoms with Crippen LogP contribution in [0.15, 0.2) is 60.9 Å². The van der Waals surface area contributed by atoms with Gasteiger partial charge in [0.25, 0.3) is 0 Å². The summed E-state index contributed by atoms with van der Waals surface area (Å²) in [5.74, 6) is 0.282. The van der Waals surface area contributed by atoms with Gasteiger partial charge in [-0.1, -0.05) is 48.5 Å². The number of pyridine rings is 2. The van der Waals surface area contributed by atoms with Crippen LogP contribution in [0.3, 0.4) is 0 Å². The Morgan fingerprint density at radius 1 is 0.545 bits per heavy atom. The predicted molar refractivity (Wildman–Crippen MR) is 85.8 cm³/mol. The molecule has 0 aliphatic heterocycles. The Balaban J connectivity index is 2.13. The number of hydrogen-bond donors (Lipinski definition) is 2. The van der Waals surface area contributed by atoms with Gasteiger partial charge in [0, 0.05) is 21.5 Å². The minimum absolute atomic E-state index is 0.141. The highest BCUT2D eigenvalue weighted by molar-refractivity contribution is 6.05. The Labute approximate surface area is 126 Å². The van der Waals surface area contributed by atoms with Crippen molar-refractivity contribution in [2.45, 2.75) is 0 Å². The predicted octanol–water partition coefficient (Wildman–Crippen LogP) is 3.86. The minimum Gasteiger partial charge on any atom is -0.506 e. The molecule has 0 aliphatic rings. The van der Waals surface area contributed by atoms with Gasteiger partial charge >= 0.3 is 0 Å². The molecule has 0 fully saturated rings. The van der Waals surface area contributed by atoms with Gasteiger partial charge in [0.05, 0.1) is 23.8 Å². The van der Waals surface area contributed by atoms with E-state index in [0.29, 0.717) is 11.4 Å². The molecule has 0 unspecified atom stereocenters. The molecule has 22 heavy (non-hydrogen) atoms. The summed E-state index contributed by atoms with van der Waals surface area (Å²) in [6.45, 7) is 0. The number of aromatic hydroxyl groups is 2. The lowest BCUT2D eigenvalue weighted by Gasteiger charge is -2.10. The Morgan fingerprint density at radius 3 is 1.32 bits per heavy atom. The number of benzene rings is 2. The highest BCUT2D eigenvalue weighted by atomic mass is 16.3. The molecule has 0 bridgehead atoms. The monoisotopic (exact) mass is 288 g/mol. The molecule has 2 aromatic heterocycles. The normalized spacial score (nSPS) is 11.1. The van der Waals surface area contributed by atoms with Crippen LogP contribution >= 0.6 is 0 Å². The highest BCUT2D eigenvalue weighted by Crippen LogP contribution is 2.36. The zero-order chi connectivity index (χ0) is 15.1. The lowest BCUT2D eigenvalue weighted by molar-refractivity contribution is 0.478. The molecule has 4 aromatic rings. The zero-order valence-corrected chi connectivity index (χ0v) is 11.6. The minimum atomic E-state index is 0.141. The topological polar surface area (TPSA) is 66.2 Å². The summed E-state index contributed by atoms with van der Waals surface area (Å²) in [7, 11) is 0. The fourth-order valence-corrected chi connectivity index (χ4v) is 2.73. The Morgan fingerprint density at radius 2 is 0.909 bits per heavy atom. The number of fused-ring (bicyclic) bond motifs is 2. The number of rotatable bonds is 1. The van der Waals surface area contributed by atoms with Crippen LogP contribution in [-0.2, 0) is 0 Å². The molecule has 0 aliphatic carbocycles. The van der Waals surface area contributed by atoms with Crippen molar-refractivity contribution in [1.29, 1.82) is 0 Å². The summed E-state index contributed by atoms with van der Waals surface area (Å²) in [6.07, 6.45) is 2.86. The summed E-state index contributed by atoms with van der Waals surface area (Å²) in [5, 5.41) is 23.1. The maximum absolute atomic E-state index is 9.98. The molecule has 4 rings (SSSR count). The summed E-state index contributed by atoms with van der Waals surface area (Å²) < 4.78 is 0. The molecule has 2 aromatic carbocycles. The van der Waals surface area contributed by atoms with E-state index in [1.807, 2.05) is 48.5 Å². The van der Waals surface area contributed by atoms with Gasteiger partial charge in [-0.3, -0.25) is 9.97 Å². The summed E-state index contributed by atoms with van der Waals surface area (Å²) in [6, 6.07) is 15.0. The third-order valence-corrected chi connectivity index (χ3v) is 3.77. The quantitative estimate of drug-likeness (QED) is 0.558. The van der Waals surface area contributed by atoms with E-state index in [2.05, 4.69) is 9.97 Å². The molecule has 0 spiro atoms. The van der Waals surface area contributed by atoms with E-state index in [1.165, 1.54) is 12.4 Å². The van der Waals surface area contributed by atoms with Crippen molar-refractivity contribution in [2.24, 2.45) is 0 Å². The van der Waals surface area contributed by atoms with Gasteiger partial charge in [-0.15, -0.1) is 0 Å². The second-order valence-electron chi connectivity index (χ2n) is 5.08. The maximum atomic E-state index is 9.98. The molecular weight excluding hydrogens is 276 g/mol. The molecule has 2 heterocycles. The van der Waals surface area contributed by atoms with E-state index >= 15 is 0 Å². The molecule has 0 atom stereocenters. The fraction of sp³-hybridized carbons (Fsp3) is 0. The first-order valence-corrected chi connectivity index (χ1v) is 6.89. The second kappa shape index (κ2) is 4.70. The standard InChI is InChI=1S/C18H12N2O2/c21-15-9-19-17(13-7-3-1-5-11(13)15)18-14-8-4-2-6-12(14)16(22)10-20-18/h1-10,21-22H. The zero-order valence-electron chi connectivity index (χ0n) is 11.6. The molecule has 0 saturated carbocycles. The first-order chi connectivity index (χ1) is 10.8.